The molecule has 0 bridgehead atoms. The lowest BCUT2D eigenvalue weighted by atomic mass is 10.1. The zero-order valence-corrected chi connectivity index (χ0v) is 12.6. The first kappa shape index (κ1) is 15.0. The van der Waals surface area contributed by atoms with Crippen molar-refractivity contribution in [1.29, 1.82) is 0 Å². The second-order valence-electron chi connectivity index (χ2n) is 4.91. The zero-order valence-electron chi connectivity index (χ0n) is 11.8. The minimum Gasteiger partial charge on any atom is -0.502 e. The Morgan fingerprint density at radius 3 is 2.65 bits per heavy atom. The number of nitrogens with zero attached hydrogens (tertiary/aromatic N) is 2. The molecule has 3 aromatic rings. The van der Waals surface area contributed by atoms with Gasteiger partial charge in [0, 0.05) is 16.5 Å². The Morgan fingerprint density at radius 2 is 1.87 bits per heavy atom. The highest BCUT2D eigenvalue weighted by Crippen LogP contribution is 2.27. The molecule has 0 spiro atoms. The standard InChI is InChI=1S/C17H11ClN2O3/c18-13-5-3-12-4-7-14(19-15(12)10-13)6-1-11-2-8-17(21)16(9-11)20(22)23/h1-10,21H/b6-1+. The summed E-state index contributed by atoms with van der Waals surface area (Å²) in [4.78, 5) is 14.7. The molecule has 23 heavy (non-hydrogen) atoms. The van der Waals surface area contributed by atoms with Gasteiger partial charge in [0.25, 0.3) is 0 Å². The minimum atomic E-state index is -0.622. The number of nitro groups is 1. The molecule has 0 atom stereocenters. The summed E-state index contributed by atoms with van der Waals surface area (Å²) >= 11 is 5.96. The van der Waals surface area contributed by atoms with E-state index in [1.165, 1.54) is 12.1 Å². The molecule has 0 aliphatic rings. The van der Waals surface area contributed by atoms with Gasteiger partial charge in [0.15, 0.2) is 5.75 Å². The van der Waals surface area contributed by atoms with Crippen molar-refractivity contribution in [1.82, 2.24) is 4.98 Å². The minimum absolute atomic E-state index is 0.328. The van der Waals surface area contributed by atoms with Crippen LogP contribution < -0.4 is 0 Å². The van der Waals surface area contributed by atoms with E-state index in [4.69, 9.17) is 11.6 Å². The van der Waals surface area contributed by atoms with Crippen LogP contribution in [0.4, 0.5) is 5.69 Å². The fourth-order valence-corrected chi connectivity index (χ4v) is 2.34. The lowest BCUT2D eigenvalue weighted by Gasteiger charge is -2.00. The number of hydrogen-bond acceptors (Lipinski definition) is 4. The molecule has 5 nitrogen and oxygen atoms in total. The van der Waals surface area contributed by atoms with E-state index in [2.05, 4.69) is 4.98 Å². The van der Waals surface area contributed by atoms with Gasteiger partial charge in [0.1, 0.15) is 0 Å². The molecule has 0 saturated heterocycles. The Balaban J connectivity index is 1.93. The molecule has 3 rings (SSSR count). The first-order valence-corrected chi connectivity index (χ1v) is 7.12. The number of hydrogen-bond donors (Lipinski definition) is 1. The number of rotatable bonds is 3. The van der Waals surface area contributed by atoms with E-state index in [1.807, 2.05) is 18.2 Å². The van der Waals surface area contributed by atoms with Crippen molar-refractivity contribution in [2.75, 3.05) is 0 Å². The molecule has 6 heteroatoms. The maximum Gasteiger partial charge on any atom is 0.311 e. The Labute approximate surface area is 136 Å². The molecule has 1 N–H and O–H groups in total. The molecule has 114 valence electrons. The monoisotopic (exact) mass is 326 g/mol. The summed E-state index contributed by atoms with van der Waals surface area (Å²) < 4.78 is 0. The van der Waals surface area contributed by atoms with E-state index < -0.39 is 4.92 Å². The Kier molecular flexibility index (Phi) is 3.95. The van der Waals surface area contributed by atoms with E-state index in [0.717, 1.165) is 10.9 Å². The number of pyridine rings is 1. The van der Waals surface area contributed by atoms with E-state index in [-0.39, 0.29) is 11.4 Å². The van der Waals surface area contributed by atoms with Gasteiger partial charge in [-0.25, -0.2) is 4.98 Å². The number of aromatic nitrogens is 1. The Hall–Kier alpha value is -2.92. The van der Waals surface area contributed by atoms with E-state index in [0.29, 0.717) is 16.3 Å². The molecule has 0 aliphatic carbocycles. The topological polar surface area (TPSA) is 76.3 Å². The quantitative estimate of drug-likeness (QED) is 0.560. The lowest BCUT2D eigenvalue weighted by Crippen LogP contribution is -1.89. The van der Waals surface area contributed by atoms with Gasteiger partial charge in [-0.1, -0.05) is 35.9 Å². The van der Waals surface area contributed by atoms with E-state index in [9.17, 15) is 15.2 Å². The molecule has 2 aromatic carbocycles. The Morgan fingerprint density at radius 1 is 1.09 bits per heavy atom. The van der Waals surface area contributed by atoms with Crippen LogP contribution in [0.15, 0.2) is 48.5 Å². The maximum absolute atomic E-state index is 10.8. The molecule has 0 fully saturated rings. The van der Waals surface area contributed by atoms with Gasteiger partial charge >= 0.3 is 5.69 Å². The van der Waals surface area contributed by atoms with Crippen LogP contribution in [-0.4, -0.2) is 15.0 Å². The first-order chi connectivity index (χ1) is 11.0. The van der Waals surface area contributed by atoms with Gasteiger partial charge < -0.3 is 5.11 Å². The maximum atomic E-state index is 10.8. The van der Waals surface area contributed by atoms with Gasteiger partial charge in [0.05, 0.1) is 16.1 Å². The third-order valence-electron chi connectivity index (χ3n) is 3.32. The third-order valence-corrected chi connectivity index (χ3v) is 3.55. The summed E-state index contributed by atoms with van der Waals surface area (Å²) in [6.45, 7) is 0. The fraction of sp³-hybridized carbons (Fsp3) is 0. The summed E-state index contributed by atoms with van der Waals surface area (Å²) in [6, 6.07) is 13.4. The van der Waals surface area contributed by atoms with Gasteiger partial charge in [-0.2, -0.15) is 0 Å². The van der Waals surface area contributed by atoms with Gasteiger partial charge in [0.2, 0.25) is 0 Å². The summed E-state index contributed by atoms with van der Waals surface area (Å²) in [7, 11) is 0. The number of aromatic hydroxyl groups is 1. The van der Waals surface area contributed by atoms with Crippen LogP contribution in [0.2, 0.25) is 5.02 Å². The molecular formula is C17H11ClN2O3. The van der Waals surface area contributed by atoms with Gasteiger partial charge in [-0.3, -0.25) is 10.1 Å². The number of phenolic OH excluding ortho intramolecular Hbond substituents is 1. The highest BCUT2D eigenvalue weighted by molar-refractivity contribution is 6.31. The van der Waals surface area contributed by atoms with Crippen molar-refractivity contribution in [3.05, 3.63) is 74.9 Å². The number of phenols is 1. The molecule has 0 unspecified atom stereocenters. The van der Waals surface area contributed by atoms with Crippen molar-refractivity contribution >= 4 is 40.3 Å². The van der Waals surface area contributed by atoms with Crippen molar-refractivity contribution < 1.29 is 10.0 Å². The summed E-state index contributed by atoms with van der Waals surface area (Å²) in [5, 5.41) is 21.9. The summed E-state index contributed by atoms with van der Waals surface area (Å²) in [6.07, 6.45) is 3.45. The summed E-state index contributed by atoms with van der Waals surface area (Å²) in [5.41, 5.74) is 1.75. The average molecular weight is 327 g/mol. The predicted octanol–water partition coefficient (Wildman–Crippen LogP) is 4.67. The zero-order chi connectivity index (χ0) is 16.4. The van der Waals surface area contributed by atoms with Crippen molar-refractivity contribution in [2.24, 2.45) is 0 Å². The third kappa shape index (κ3) is 3.30. The van der Waals surface area contributed by atoms with Gasteiger partial charge in [-0.15, -0.1) is 0 Å². The fourth-order valence-electron chi connectivity index (χ4n) is 2.17. The number of halogens is 1. The SMILES string of the molecule is O=[N+]([O-])c1cc(/C=C/c2ccc3ccc(Cl)cc3n2)ccc1O. The molecular weight excluding hydrogens is 316 g/mol. The summed E-state index contributed by atoms with van der Waals surface area (Å²) in [5.74, 6) is -0.356. The average Bonchev–Trinajstić information content (AvgIpc) is 2.53. The largest absolute Gasteiger partial charge is 0.502 e. The predicted molar refractivity (Wildman–Crippen MR) is 90.4 cm³/mol. The van der Waals surface area contributed by atoms with Crippen LogP contribution >= 0.6 is 11.6 Å². The van der Waals surface area contributed by atoms with Crippen molar-refractivity contribution in [3.8, 4) is 5.75 Å². The second-order valence-corrected chi connectivity index (χ2v) is 5.35. The number of benzene rings is 2. The van der Waals surface area contributed by atoms with Crippen LogP contribution in [0.1, 0.15) is 11.3 Å². The van der Waals surface area contributed by atoms with Crippen molar-refractivity contribution in [3.63, 3.8) is 0 Å². The van der Waals surface area contributed by atoms with Gasteiger partial charge in [-0.05, 0) is 35.9 Å². The van der Waals surface area contributed by atoms with Crippen LogP contribution in [0.25, 0.3) is 23.1 Å². The van der Waals surface area contributed by atoms with Crippen molar-refractivity contribution in [2.45, 2.75) is 0 Å². The van der Waals surface area contributed by atoms with E-state index in [1.54, 1.807) is 30.4 Å². The lowest BCUT2D eigenvalue weighted by molar-refractivity contribution is -0.385. The van der Waals surface area contributed by atoms with Crippen LogP contribution in [0.3, 0.4) is 0 Å². The van der Waals surface area contributed by atoms with Crippen LogP contribution in [-0.2, 0) is 0 Å². The molecule has 0 saturated carbocycles. The Bertz CT molecular complexity index is 938. The second kappa shape index (κ2) is 6.06. The van der Waals surface area contributed by atoms with Crippen LogP contribution in [0, 0.1) is 10.1 Å². The number of fused-ring (bicyclic) bond motifs is 1. The highest BCUT2D eigenvalue weighted by Gasteiger charge is 2.12. The van der Waals surface area contributed by atoms with E-state index >= 15 is 0 Å². The first-order valence-electron chi connectivity index (χ1n) is 6.75. The molecule has 0 aliphatic heterocycles. The van der Waals surface area contributed by atoms with Crippen LogP contribution in [0.5, 0.6) is 5.75 Å². The smallest absolute Gasteiger partial charge is 0.311 e. The molecule has 1 aromatic heterocycles. The molecule has 0 radical (unpaired) electrons. The molecule has 1 heterocycles. The number of nitro benzene ring substituents is 1. The molecule has 0 amide bonds. The highest BCUT2D eigenvalue weighted by atomic mass is 35.5. The normalized spacial score (nSPS) is 11.2.